The predicted octanol–water partition coefficient (Wildman–Crippen LogP) is 8.09. The van der Waals surface area contributed by atoms with Crippen molar-refractivity contribution in [2.45, 2.75) is 136 Å². The van der Waals surface area contributed by atoms with Crippen molar-refractivity contribution in [3.05, 3.63) is 12.4 Å². The van der Waals surface area contributed by atoms with Gasteiger partial charge in [0.2, 0.25) is 0 Å². The molecule has 1 aliphatic heterocycles. The van der Waals surface area contributed by atoms with Crippen LogP contribution in [-0.2, 0) is 0 Å². The zero-order valence-corrected chi connectivity index (χ0v) is 19.1. The van der Waals surface area contributed by atoms with Gasteiger partial charge in [0.05, 0.1) is 0 Å². The second-order valence-electron chi connectivity index (χ2n) is 8.64. The molecule has 0 unspecified atom stereocenters. The lowest BCUT2D eigenvalue weighted by Crippen LogP contribution is -2.39. The van der Waals surface area contributed by atoms with E-state index in [-0.39, 0.29) is 0 Å². The molecular weight excluding hydrogens is 328 g/mol. The molecule has 0 aliphatic carbocycles. The second kappa shape index (κ2) is 17.4. The van der Waals surface area contributed by atoms with E-state index in [4.69, 9.17) is 0 Å². The molecule has 0 saturated carbocycles. The molecule has 1 rings (SSSR count). The van der Waals surface area contributed by atoms with Crippen LogP contribution in [0.5, 0.6) is 0 Å². The molecule has 27 heavy (non-hydrogen) atoms. The van der Waals surface area contributed by atoms with E-state index in [1.807, 2.05) is 0 Å². The van der Waals surface area contributed by atoms with E-state index in [1.165, 1.54) is 122 Å². The van der Waals surface area contributed by atoms with Gasteiger partial charge in [0.15, 0.2) is 0 Å². The topological polar surface area (TPSA) is 6.48 Å². The van der Waals surface area contributed by atoms with Crippen LogP contribution in [0.1, 0.15) is 130 Å². The first-order valence-electron chi connectivity index (χ1n) is 12.5. The van der Waals surface area contributed by atoms with Crippen LogP contribution in [0, 0.1) is 0 Å². The smallest absolute Gasteiger partial charge is 0.101 e. The van der Waals surface area contributed by atoms with Crippen molar-refractivity contribution in [2.24, 2.45) is 0 Å². The van der Waals surface area contributed by atoms with E-state index in [9.17, 15) is 0 Å². The molecule has 2 heteroatoms. The van der Waals surface area contributed by atoms with Crippen molar-refractivity contribution in [2.75, 3.05) is 13.1 Å². The molecule has 0 spiro atoms. The number of hydrogen-bond acceptors (Lipinski definition) is 2. The lowest BCUT2D eigenvalue weighted by Gasteiger charge is -2.33. The van der Waals surface area contributed by atoms with Gasteiger partial charge in [-0.3, -0.25) is 0 Å². The Kier molecular flexibility index (Phi) is 15.7. The largest absolute Gasteiger partial charge is 0.356 e. The van der Waals surface area contributed by atoms with Crippen LogP contribution in [-0.4, -0.2) is 29.1 Å². The maximum atomic E-state index is 2.65. The van der Waals surface area contributed by atoms with Crippen molar-refractivity contribution in [1.82, 2.24) is 9.80 Å². The SMILES string of the molecule is CCCCCCCCCCC1N(CCCCCC)C=CN1CCCCCC. The fraction of sp³-hybridized carbons (Fsp3) is 0.920. The molecule has 0 aromatic heterocycles. The van der Waals surface area contributed by atoms with Crippen LogP contribution < -0.4 is 0 Å². The Balaban J connectivity index is 2.28. The number of hydrogen-bond donors (Lipinski definition) is 0. The summed E-state index contributed by atoms with van der Waals surface area (Å²) in [5.74, 6) is 0. The molecule has 0 amide bonds. The maximum Gasteiger partial charge on any atom is 0.101 e. The molecule has 1 heterocycles. The highest BCUT2D eigenvalue weighted by molar-refractivity contribution is 4.96. The summed E-state index contributed by atoms with van der Waals surface area (Å²) in [6.07, 6.45) is 29.1. The van der Waals surface area contributed by atoms with Gasteiger partial charge >= 0.3 is 0 Å². The summed E-state index contributed by atoms with van der Waals surface area (Å²) in [4.78, 5) is 5.30. The number of rotatable bonds is 19. The first kappa shape index (κ1) is 24.4. The molecule has 0 saturated heterocycles. The Labute approximate surface area is 171 Å². The first-order valence-corrected chi connectivity index (χ1v) is 12.5. The highest BCUT2D eigenvalue weighted by Gasteiger charge is 2.24. The monoisotopic (exact) mass is 378 g/mol. The van der Waals surface area contributed by atoms with Crippen molar-refractivity contribution < 1.29 is 0 Å². The Hall–Kier alpha value is -0.660. The minimum atomic E-state index is 0.647. The zero-order valence-electron chi connectivity index (χ0n) is 19.1. The average molecular weight is 379 g/mol. The summed E-state index contributed by atoms with van der Waals surface area (Å²) in [5.41, 5.74) is 0. The normalized spacial score (nSPS) is 14.6. The molecule has 1 aliphatic rings. The van der Waals surface area contributed by atoms with Gasteiger partial charge in [0.1, 0.15) is 6.17 Å². The van der Waals surface area contributed by atoms with Crippen LogP contribution in [0.4, 0.5) is 0 Å². The van der Waals surface area contributed by atoms with Crippen molar-refractivity contribution >= 4 is 0 Å². The fourth-order valence-corrected chi connectivity index (χ4v) is 4.24. The predicted molar refractivity (Wildman–Crippen MR) is 122 cm³/mol. The number of unbranched alkanes of at least 4 members (excludes halogenated alkanes) is 13. The summed E-state index contributed by atoms with van der Waals surface area (Å²) in [6, 6.07) is 0. The Morgan fingerprint density at radius 1 is 0.481 bits per heavy atom. The van der Waals surface area contributed by atoms with E-state index in [0.717, 1.165) is 0 Å². The Bertz CT molecular complexity index is 317. The summed E-state index contributed by atoms with van der Waals surface area (Å²) < 4.78 is 0. The van der Waals surface area contributed by atoms with E-state index in [0.29, 0.717) is 6.17 Å². The quantitative estimate of drug-likeness (QED) is 0.209. The van der Waals surface area contributed by atoms with Gasteiger partial charge < -0.3 is 9.80 Å². The van der Waals surface area contributed by atoms with Crippen LogP contribution in [0.25, 0.3) is 0 Å². The van der Waals surface area contributed by atoms with Crippen molar-refractivity contribution in [3.63, 3.8) is 0 Å². The van der Waals surface area contributed by atoms with E-state index in [2.05, 4.69) is 43.0 Å². The molecule has 0 N–H and O–H groups in total. The molecule has 0 atom stereocenters. The highest BCUT2D eigenvalue weighted by atomic mass is 15.4. The van der Waals surface area contributed by atoms with E-state index < -0.39 is 0 Å². The maximum absolute atomic E-state index is 2.65. The van der Waals surface area contributed by atoms with Gasteiger partial charge in [-0.15, -0.1) is 0 Å². The standard InChI is InChI=1S/C25H50N2/c1-4-7-10-13-14-15-16-17-20-25-26(21-18-11-8-5-2)23-24-27(25)22-19-12-9-6-3/h23-25H,4-22H2,1-3H3. The molecule has 160 valence electrons. The average Bonchev–Trinajstić information content (AvgIpc) is 3.06. The summed E-state index contributed by atoms with van der Waals surface area (Å²) in [7, 11) is 0. The number of nitrogens with zero attached hydrogens (tertiary/aromatic N) is 2. The second-order valence-corrected chi connectivity index (χ2v) is 8.64. The molecule has 0 fully saturated rings. The lowest BCUT2D eigenvalue weighted by molar-refractivity contribution is 0.135. The van der Waals surface area contributed by atoms with Crippen LogP contribution >= 0.6 is 0 Å². The fourth-order valence-electron chi connectivity index (χ4n) is 4.24. The van der Waals surface area contributed by atoms with Gasteiger partial charge in [0.25, 0.3) is 0 Å². The van der Waals surface area contributed by atoms with E-state index >= 15 is 0 Å². The van der Waals surface area contributed by atoms with Gasteiger partial charge in [-0.05, 0) is 25.7 Å². The third-order valence-electron chi connectivity index (χ3n) is 6.07. The van der Waals surface area contributed by atoms with Crippen LogP contribution in [0.3, 0.4) is 0 Å². The lowest BCUT2D eigenvalue weighted by atomic mass is 10.1. The van der Waals surface area contributed by atoms with Gasteiger partial charge in [-0.1, -0.05) is 104 Å². The Morgan fingerprint density at radius 2 is 0.852 bits per heavy atom. The third-order valence-corrected chi connectivity index (χ3v) is 6.07. The van der Waals surface area contributed by atoms with Crippen LogP contribution in [0.2, 0.25) is 0 Å². The molecule has 2 nitrogen and oxygen atoms in total. The van der Waals surface area contributed by atoms with Crippen molar-refractivity contribution in [1.29, 1.82) is 0 Å². The molecule has 0 aromatic carbocycles. The zero-order chi connectivity index (χ0) is 19.6. The summed E-state index contributed by atoms with van der Waals surface area (Å²) in [5, 5.41) is 0. The Morgan fingerprint density at radius 3 is 1.30 bits per heavy atom. The minimum absolute atomic E-state index is 0.647. The van der Waals surface area contributed by atoms with Gasteiger partial charge in [-0.2, -0.15) is 0 Å². The molecule has 0 bridgehead atoms. The third kappa shape index (κ3) is 11.7. The minimum Gasteiger partial charge on any atom is -0.356 e. The highest BCUT2D eigenvalue weighted by Crippen LogP contribution is 2.23. The molecule has 0 radical (unpaired) electrons. The van der Waals surface area contributed by atoms with Gasteiger partial charge in [-0.25, -0.2) is 0 Å². The van der Waals surface area contributed by atoms with Gasteiger partial charge in [0, 0.05) is 25.5 Å². The van der Waals surface area contributed by atoms with Crippen LogP contribution in [0.15, 0.2) is 12.4 Å². The molecule has 0 aromatic rings. The molecular formula is C25H50N2. The van der Waals surface area contributed by atoms with Crippen molar-refractivity contribution in [3.8, 4) is 0 Å². The summed E-state index contributed by atoms with van der Waals surface area (Å²) in [6.45, 7) is 9.42. The summed E-state index contributed by atoms with van der Waals surface area (Å²) >= 11 is 0. The van der Waals surface area contributed by atoms with E-state index in [1.54, 1.807) is 0 Å². The first-order chi connectivity index (χ1) is 13.3.